The number of alkyl halides is 3. The van der Waals surface area contributed by atoms with Crippen LogP contribution in [0.25, 0.3) is 5.69 Å². The molecule has 0 saturated carbocycles. The molecule has 0 fully saturated rings. The summed E-state index contributed by atoms with van der Waals surface area (Å²) in [5.74, 6) is -1.76. The third kappa shape index (κ3) is 5.13. The van der Waals surface area contributed by atoms with Crippen LogP contribution < -0.4 is 11.1 Å². The van der Waals surface area contributed by atoms with Gasteiger partial charge in [-0.3, -0.25) is 4.79 Å². The van der Waals surface area contributed by atoms with E-state index >= 15 is 0 Å². The standard InChI is InChI=1S/C14H15F4N5O.ClH/c1-8(19)5-6-20-13(24)11-12(14(16,17)18)23(22-21-11)10-4-2-3-9(15)7-10;/h2-4,7-8H,5-6,19H2,1H3,(H,20,24);1H. The Balaban J connectivity index is 0.00000312. The quantitative estimate of drug-likeness (QED) is 0.778. The summed E-state index contributed by atoms with van der Waals surface area (Å²) in [5, 5.41) is 8.98. The Morgan fingerprint density at radius 1 is 1.40 bits per heavy atom. The monoisotopic (exact) mass is 381 g/mol. The summed E-state index contributed by atoms with van der Waals surface area (Å²) < 4.78 is 53.7. The van der Waals surface area contributed by atoms with Crippen molar-refractivity contribution in [1.29, 1.82) is 0 Å². The van der Waals surface area contributed by atoms with Crippen LogP contribution >= 0.6 is 12.4 Å². The summed E-state index contributed by atoms with van der Waals surface area (Å²) >= 11 is 0. The van der Waals surface area contributed by atoms with E-state index in [-0.39, 0.29) is 30.7 Å². The van der Waals surface area contributed by atoms with Gasteiger partial charge in [-0.05, 0) is 31.5 Å². The van der Waals surface area contributed by atoms with Gasteiger partial charge in [0.2, 0.25) is 0 Å². The number of halogens is 5. The highest BCUT2D eigenvalue weighted by Gasteiger charge is 2.42. The molecule has 1 unspecified atom stereocenters. The molecule has 0 bridgehead atoms. The maximum Gasteiger partial charge on any atom is 0.435 e. The summed E-state index contributed by atoms with van der Waals surface area (Å²) in [4.78, 5) is 12.0. The lowest BCUT2D eigenvalue weighted by molar-refractivity contribution is -0.143. The van der Waals surface area contributed by atoms with E-state index in [1.54, 1.807) is 6.92 Å². The molecule has 0 spiro atoms. The Morgan fingerprint density at radius 3 is 2.64 bits per heavy atom. The van der Waals surface area contributed by atoms with Crippen LogP contribution in [0.1, 0.15) is 29.5 Å². The number of carbonyl (C=O) groups excluding carboxylic acids is 1. The second-order valence-corrected chi connectivity index (χ2v) is 5.20. The highest BCUT2D eigenvalue weighted by molar-refractivity contribution is 5.93. The lowest BCUT2D eigenvalue weighted by atomic mass is 10.2. The molecule has 1 aromatic heterocycles. The maximum absolute atomic E-state index is 13.3. The van der Waals surface area contributed by atoms with Gasteiger partial charge >= 0.3 is 6.18 Å². The van der Waals surface area contributed by atoms with Gasteiger partial charge in [0.15, 0.2) is 11.4 Å². The summed E-state index contributed by atoms with van der Waals surface area (Å²) in [6, 6.07) is 4.19. The molecule has 25 heavy (non-hydrogen) atoms. The van der Waals surface area contributed by atoms with Gasteiger partial charge in [-0.2, -0.15) is 13.2 Å². The summed E-state index contributed by atoms with van der Waals surface area (Å²) in [7, 11) is 0. The van der Waals surface area contributed by atoms with E-state index in [1.807, 2.05) is 0 Å². The lowest BCUT2D eigenvalue weighted by Gasteiger charge is -2.11. The maximum atomic E-state index is 13.3. The molecule has 0 aliphatic carbocycles. The van der Waals surface area contributed by atoms with E-state index in [4.69, 9.17) is 5.73 Å². The molecule has 0 radical (unpaired) electrons. The number of carbonyl (C=O) groups is 1. The highest BCUT2D eigenvalue weighted by atomic mass is 35.5. The van der Waals surface area contributed by atoms with Crippen molar-refractivity contribution in [2.45, 2.75) is 25.6 Å². The van der Waals surface area contributed by atoms with Crippen molar-refractivity contribution in [2.75, 3.05) is 6.54 Å². The van der Waals surface area contributed by atoms with Crippen LogP contribution in [-0.2, 0) is 6.18 Å². The van der Waals surface area contributed by atoms with Crippen LogP contribution in [0.2, 0.25) is 0 Å². The zero-order chi connectivity index (χ0) is 17.9. The Hall–Kier alpha value is -2.20. The zero-order valence-corrected chi connectivity index (χ0v) is 13.9. The van der Waals surface area contributed by atoms with Gasteiger partial charge in [0.25, 0.3) is 5.91 Å². The van der Waals surface area contributed by atoms with Crippen LogP contribution in [-0.4, -0.2) is 33.5 Å². The Bertz CT molecular complexity index is 732. The van der Waals surface area contributed by atoms with Gasteiger partial charge in [0, 0.05) is 12.6 Å². The first-order valence-corrected chi connectivity index (χ1v) is 7.02. The second-order valence-electron chi connectivity index (χ2n) is 5.20. The number of nitrogens with two attached hydrogens (primary N) is 1. The number of hydrogen-bond acceptors (Lipinski definition) is 4. The van der Waals surface area contributed by atoms with E-state index in [0.29, 0.717) is 11.1 Å². The van der Waals surface area contributed by atoms with Gasteiger partial charge in [0.05, 0.1) is 5.69 Å². The van der Waals surface area contributed by atoms with Crippen LogP contribution in [0.5, 0.6) is 0 Å². The number of benzene rings is 1. The fraction of sp³-hybridized carbons (Fsp3) is 0.357. The summed E-state index contributed by atoms with van der Waals surface area (Å²) in [5.41, 5.74) is 3.07. The molecule has 3 N–H and O–H groups in total. The first-order chi connectivity index (χ1) is 11.2. The van der Waals surface area contributed by atoms with E-state index in [2.05, 4.69) is 15.6 Å². The molecule has 0 aliphatic rings. The molecule has 0 saturated heterocycles. The Morgan fingerprint density at radius 2 is 2.08 bits per heavy atom. The minimum atomic E-state index is -4.90. The molecule has 1 heterocycles. The molecule has 1 atom stereocenters. The topological polar surface area (TPSA) is 85.8 Å². The summed E-state index contributed by atoms with van der Waals surface area (Å²) in [6.45, 7) is 1.80. The van der Waals surface area contributed by atoms with Crippen molar-refractivity contribution >= 4 is 18.3 Å². The second kappa shape index (κ2) is 8.26. The number of hydrogen-bond donors (Lipinski definition) is 2. The van der Waals surface area contributed by atoms with Crippen LogP contribution in [0.3, 0.4) is 0 Å². The van der Waals surface area contributed by atoms with Crippen LogP contribution in [0.15, 0.2) is 24.3 Å². The average Bonchev–Trinajstić information content (AvgIpc) is 2.91. The van der Waals surface area contributed by atoms with E-state index in [9.17, 15) is 22.4 Å². The highest BCUT2D eigenvalue weighted by Crippen LogP contribution is 2.32. The molecule has 1 amide bonds. The first kappa shape index (κ1) is 20.8. The van der Waals surface area contributed by atoms with Gasteiger partial charge in [0.1, 0.15) is 5.82 Å². The minimum Gasteiger partial charge on any atom is -0.351 e. The van der Waals surface area contributed by atoms with Gasteiger partial charge in [-0.25, -0.2) is 9.07 Å². The third-order valence-corrected chi connectivity index (χ3v) is 3.09. The number of nitrogens with one attached hydrogen (secondary N) is 1. The Labute approximate surface area is 146 Å². The molecule has 2 aromatic rings. The van der Waals surface area contributed by atoms with Crippen molar-refractivity contribution in [3.05, 3.63) is 41.5 Å². The van der Waals surface area contributed by atoms with Gasteiger partial charge in [-0.1, -0.05) is 11.3 Å². The minimum absolute atomic E-state index is 0. The molecule has 1 aromatic carbocycles. The molecule has 11 heteroatoms. The smallest absolute Gasteiger partial charge is 0.351 e. The molecule has 2 rings (SSSR count). The van der Waals surface area contributed by atoms with E-state index < -0.39 is 29.3 Å². The Kier molecular flexibility index (Phi) is 6.88. The van der Waals surface area contributed by atoms with Crippen molar-refractivity contribution in [3.8, 4) is 5.69 Å². The number of aromatic nitrogens is 3. The number of rotatable bonds is 5. The fourth-order valence-corrected chi connectivity index (χ4v) is 1.97. The predicted octanol–water partition coefficient (Wildman–Crippen LogP) is 2.31. The first-order valence-electron chi connectivity index (χ1n) is 7.02. The van der Waals surface area contributed by atoms with Crippen molar-refractivity contribution in [2.24, 2.45) is 5.73 Å². The average molecular weight is 382 g/mol. The SMILES string of the molecule is CC(N)CCNC(=O)c1nnn(-c2cccc(F)c2)c1C(F)(F)F.Cl. The van der Waals surface area contributed by atoms with E-state index in [0.717, 1.165) is 12.1 Å². The van der Waals surface area contributed by atoms with Gasteiger partial charge < -0.3 is 11.1 Å². The van der Waals surface area contributed by atoms with Crippen molar-refractivity contribution in [3.63, 3.8) is 0 Å². The zero-order valence-electron chi connectivity index (χ0n) is 13.0. The summed E-state index contributed by atoms with van der Waals surface area (Å²) in [6.07, 6.45) is -4.51. The molecular formula is C14H16ClF4N5O. The van der Waals surface area contributed by atoms with E-state index in [1.165, 1.54) is 12.1 Å². The molecule has 138 valence electrons. The van der Waals surface area contributed by atoms with Crippen LogP contribution in [0, 0.1) is 5.82 Å². The molecular weight excluding hydrogens is 366 g/mol. The van der Waals surface area contributed by atoms with Gasteiger partial charge in [-0.15, -0.1) is 17.5 Å². The molecule has 6 nitrogen and oxygen atoms in total. The third-order valence-electron chi connectivity index (χ3n) is 3.09. The largest absolute Gasteiger partial charge is 0.435 e. The lowest BCUT2D eigenvalue weighted by Crippen LogP contribution is -2.31. The fourth-order valence-electron chi connectivity index (χ4n) is 1.97. The predicted molar refractivity (Wildman–Crippen MR) is 84.2 cm³/mol. The number of amides is 1. The van der Waals surface area contributed by atoms with Crippen molar-refractivity contribution in [1.82, 2.24) is 20.3 Å². The normalized spacial score (nSPS) is 12.4. The molecule has 0 aliphatic heterocycles. The van der Waals surface area contributed by atoms with Crippen molar-refractivity contribution < 1.29 is 22.4 Å². The van der Waals surface area contributed by atoms with Crippen LogP contribution in [0.4, 0.5) is 17.6 Å². The number of nitrogens with zero attached hydrogens (tertiary/aromatic N) is 3.